The number of rotatable bonds is 9. The molecule has 0 aliphatic carbocycles. The maximum atomic E-state index is 13.0. The summed E-state index contributed by atoms with van der Waals surface area (Å²) in [7, 11) is -1.43. The second-order valence-corrected chi connectivity index (χ2v) is 8.94. The molecule has 0 aliphatic heterocycles. The van der Waals surface area contributed by atoms with Crippen LogP contribution in [0.3, 0.4) is 0 Å². The molecular formula is C22H26ClN5O6S. The number of halogens is 1. The summed E-state index contributed by atoms with van der Waals surface area (Å²) >= 11 is 0. The predicted octanol–water partition coefficient (Wildman–Crippen LogP) is 1.36. The molecule has 0 aliphatic rings. The molecule has 1 aromatic carbocycles. The fourth-order valence-corrected chi connectivity index (χ4v) is 4.25. The number of anilines is 1. The lowest BCUT2D eigenvalue weighted by Crippen LogP contribution is -2.36. The number of benzene rings is 1. The Morgan fingerprint density at radius 3 is 2.51 bits per heavy atom. The van der Waals surface area contributed by atoms with E-state index in [1.165, 1.54) is 38.6 Å². The van der Waals surface area contributed by atoms with Crippen LogP contribution in [-0.4, -0.2) is 38.2 Å². The van der Waals surface area contributed by atoms with Crippen LogP contribution in [0.15, 0.2) is 58.5 Å². The van der Waals surface area contributed by atoms with E-state index in [9.17, 15) is 18.0 Å². The SMILES string of the molecule is COc1ccc(S(=O)(=O)Nn2ccc(C)c(CC(=O)NCc3ccc(N)nc3)c2=O)c(OC)c1.Cl. The van der Waals surface area contributed by atoms with E-state index in [2.05, 4.69) is 15.1 Å². The van der Waals surface area contributed by atoms with Crippen LogP contribution in [0.4, 0.5) is 5.82 Å². The zero-order chi connectivity index (χ0) is 24.9. The third-order valence-corrected chi connectivity index (χ3v) is 6.33. The number of pyridine rings is 2. The van der Waals surface area contributed by atoms with Gasteiger partial charge in [-0.1, -0.05) is 6.07 Å². The predicted molar refractivity (Wildman–Crippen MR) is 133 cm³/mol. The molecule has 35 heavy (non-hydrogen) atoms. The summed E-state index contributed by atoms with van der Waals surface area (Å²) in [6.07, 6.45) is 2.59. The van der Waals surface area contributed by atoms with Gasteiger partial charge < -0.3 is 20.5 Å². The van der Waals surface area contributed by atoms with E-state index in [-0.39, 0.29) is 41.6 Å². The van der Waals surface area contributed by atoms with Crippen LogP contribution >= 0.6 is 12.4 Å². The van der Waals surface area contributed by atoms with Gasteiger partial charge in [0.15, 0.2) is 0 Å². The van der Waals surface area contributed by atoms with Crippen LogP contribution in [-0.2, 0) is 27.8 Å². The zero-order valence-electron chi connectivity index (χ0n) is 19.3. The number of sulfonamides is 1. The number of nitrogen functional groups attached to an aromatic ring is 1. The molecule has 2 heterocycles. The van der Waals surface area contributed by atoms with Crippen molar-refractivity contribution in [2.75, 3.05) is 24.8 Å². The summed E-state index contributed by atoms with van der Waals surface area (Å²) in [5.41, 5.74) is 6.32. The molecule has 0 fully saturated rings. The van der Waals surface area contributed by atoms with E-state index in [4.69, 9.17) is 15.2 Å². The third kappa shape index (κ3) is 6.64. The van der Waals surface area contributed by atoms with Crippen LogP contribution in [0.5, 0.6) is 11.5 Å². The smallest absolute Gasteiger partial charge is 0.279 e. The summed E-state index contributed by atoms with van der Waals surface area (Å²) in [6.45, 7) is 1.87. The first-order valence-electron chi connectivity index (χ1n) is 10.1. The van der Waals surface area contributed by atoms with Crippen LogP contribution in [0, 0.1) is 6.92 Å². The van der Waals surface area contributed by atoms with E-state index in [0.29, 0.717) is 17.1 Å². The Balaban J connectivity index is 0.00000432. The van der Waals surface area contributed by atoms with Gasteiger partial charge >= 0.3 is 0 Å². The van der Waals surface area contributed by atoms with Crippen molar-refractivity contribution in [1.29, 1.82) is 0 Å². The first-order valence-corrected chi connectivity index (χ1v) is 11.6. The molecule has 2 aromatic heterocycles. The van der Waals surface area contributed by atoms with Crippen LogP contribution < -0.4 is 30.9 Å². The minimum absolute atomic E-state index is 0. The summed E-state index contributed by atoms with van der Waals surface area (Å²) in [5.74, 6) is 0.412. The number of methoxy groups -OCH3 is 2. The van der Waals surface area contributed by atoms with Crippen molar-refractivity contribution in [3.8, 4) is 11.5 Å². The fraction of sp³-hybridized carbons (Fsp3) is 0.227. The number of aromatic nitrogens is 2. The van der Waals surface area contributed by atoms with Gasteiger partial charge in [-0.15, -0.1) is 12.4 Å². The van der Waals surface area contributed by atoms with Gasteiger partial charge in [0.1, 0.15) is 22.2 Å². The van der Waals surface area contributed by atoms with Gasteiger partial charge in [-0.25, -0.2) is 14.5 Å². The lowest BCUT2D eigenvalue weighted by molar-refractivity contribution is -0.120. The van der Waals surface area contributed by atoms with Crippen molar-refractivity contribution >= 4 is 34.2 Å². The van der Waals surface area contributed by atoms with Crippen LogP contribution in [0.1, 0.15) is 16.7 Å². The Morgan fingerprint density at radius 2 is 1.89 bits per heavy atom. The Labute approximate surface area is 208 Å². The number of nitrogens with zero attached hydrogens (tertiary/aromatic N) is 2. The van der Waals surface area contributed by atoms with Crippen LogP contribution in [0.25, 0.3) is 0 Å². The molecule has 11 nitrogen and oxygen atoms in total. The molecule has 0 bridgehead atoms. The highest BCUT2D eigenvalue weighted by molar-refractivity contribution is 7.92. The molecule has 0 unspecified atom stereocenters. The van der Waals surface area contributed by atoms with Crippen molar-refractivity contribution in [2.45, 2.75) is 24.8 Å². The number of aryl methyl sites for hydroxylation is 1. The van der Waals surface area contributed by atoms with Crippen molar-refractivity contribution in [1.82, 2.24) is 15.0 Å². The summed E-state index contributed by atoms with van der Waals surface area (Å²) < 4.78 is 37.0. The average Bonchev–Trinajstić information content (AvgIpc) is 2.82. The molecule has 0 saturated carbocycles. The average molecular weight is 524 g/mol. The normalized spacial score (nSPS) is 10.7. The first kappa shape index (κ1) is 27.5. The summed E-state index contributed by atoms with van der Waals surface area (Å²) in [6, 6.07) is 9.07. The first-order chi connectivity index (χ1) is 16.1. The Kier molecular flexibility index (Phi) is 9.09. The van der Waals surface area contributed by atoms with Gasteiger partial charge in [0.2, 0.25) is 5.91 Å². The van der Waals surface area contributed by atoms with Crippen molar-refractivity contribution < 1.29 is 22.7 Å². The lowest BCUT2D eigenvalue weighted by Gasteiger charge is -2.15. The number of carbonyl (C=O) groups is 1. The van der Waals surface area contributed by atoms with Crippen molar-refractivity contribution in [2.24, 2.45) is 0 Å². The fourth-order valence-electron chi connectivity index (χ4n) is 3.10. The molecule has 1 amide bonds. The zero-order valence-corrected chi connectivity index (χ0v) is 20.9. The molecule has 3 aromatic rings. The Morgan fingerprint density at radius 1 is 1.14 bits per heavy atom. The van der Waals surface area contributed by atoms with Crippen LogP contribution in [0.2, 0.25) is 0 Å². The number of hydrogen-bond acceptors (Lipinski definition) is 8. The number of ether oxygens (including phenoxy) is 2. The number of carbonyl (C=O) groups excluding carboxylic acids is 1. The second kappa shape index (κ2) is 11.6. The summed E-state index contributed by atoms with van der Waals surface area (Å²) in [5, 5.41) is 2.71. The molecule has 3 rings (SSSR count). The lowest BCUT2D eigenvalue weighted by atomic mass is 10.1. The highest BCUT2D eigenvalue weighted by Gasteiger charge is 2.22. The Hall–Kier alpha value is -3.77. The van der Waals surface area contributed by atoms with E-state index in [1.807, 2.05) is 0 Å². The maximum absolute atomic E-state index is 13.0. The number of hydrogen-bond donors (Lipinski definition) is 3. The number of nitrogens with two attached hydrogens (primary N) is 1. The topological polar surface area (TPSA) is 155 Å². The highest BCUT2D eigenvalue weighted by Crippen LogP contribution is 2.28. The molecule has 0 atom stereocenters. The number of amides is 1. The molecule has 13 heteroatoms. The number of nitrogens with one attached hydrogen (secondary N) is 2. The van der Waals surface area contributed by atoms with Gasteiger partial charge in [0, 0.05) is 30.6 Å². The molecule has 4 N–H and O–H groups in total. The Bertz CT molecular complexity index is 1360. The van der Waals surface area contributed by atoms with E-state index in [1.54, 1.807) is 31.3 Å². The van der Waals surface area contributed by atoms with E-state index >= 15 is 0 Å². The quantitative estimate of drug-likeness (QED) is 0.380. The minimum atomic E-state index is -4.20. The van der Waals surface area contributed by atoms with E-state index in [0.717, 1.165) is 10.2 Å². The van der Waals surface area contributed by atoms with Gasteiger partial charge in [-0.05, 0) is 42.3 Å². The molecule has 0 spiro atoms. The van der Waals surface area contributed by atoms with Gasteiger partial charge in [0.05, 0.1) is 20.6 Å². The minimum Gasteiger partial charge on any atom is -0.497 e. The van der Waals surface area contributed by atoms with Gasteiger partial charge in [-0.2, -0.15) is 8.42 Å². The standard InChI is InChI=1S/C22H25N5O6S.ClH/c1-14-8-9-27(26-34(30,31)19-6-5-16(32-2)10-18(19)33-3)22(29)17(14)11-21(28)25-13-15-4-7-20(23)24-12-15;/h4-10,12,26H,11,13H2,1-3H3,(H2,23,24)(H,25,28);1H. The molecule has 188 valence electrons. The van der Waals surface area contributed by atoms with Crippen molar-refractivity contribution in [3.63, 3.8) is 0 Å². The molecular weight excluding hydrogens is 498 g/mol. The highest BCUT2D eigenvalue weighted by atomic mass is 35.5. The van der Waals surface area contributed by atoms with Gasteiger partial charge in [-0.3, -0.25) is 9.59 Å². The van der Waals surface area contributed by atoms with E-state index < -0.39 is 21.5 Å². The summed E-state index contributed by atoms with van der Waals surface area (Å²) in [4.78, 5) is 31.4. The second-order valence-electron chi connectivity index (χ2n) is 7.31. The maximum Gasteiger partial charge on any atom is 0.279 e. The molecule has 0 saturated heterocycles. The third-order valence-electron chi connectivity index (χ3n) is 4.98. The van der Waals surface area contributed by atoms with Crippen molar-refractivity contribution in [3.05, 3.63) is 75.8 Å². The largest absolute Gasteiger partial charge is 0.497 e. The van der Waals surface area contributed by atoms with Gasteiger partial charge in [0.25, 0.3) is 15.6 Å². The molecule has 0 radical (unpaired) electrons. The monoisotopic (exact) mass is 523 g/mol.